The van der Waals surface area contributed by atoms with Gasteiger partial charge in [0.1, 0.15) is 17.2 Å². The number of hydrogen-bond acceptors (Lipinski definition) is 7. The minimum absolute atomic E-state index is 0.00589. The van der Waals surface area contributed by atoms with Crippen LogP contribution in [0.25, 0.3) is 10.8 Å². The molecule has 3 rings (SSSR count). The second-order valence-electron chi connectivity index (χ2n) is 14.5. The molecule has 0 N–H and O–H groups in total. The number of rotatable bonds is 12. The van der Waals surface area contributed by atoms with E-state index in [0.717, 1.165) is 18.9 Å². The van der Waals surface area contributed by atoms with Crippen LogP contribution >= 0.6 is 0 Å². The van der Waals surface area contributed by atoms with Crippen LogP contribution in [0.3, 0.4) is 0 Å². The standard InChI is InChI=1S/C34H51F4NO7SSi/c1-22(2)48(23(3)4,24(5)6)46-27-19-25-15-16-29(35)28(31(25)30(20-27)45-47(41,42)34(36,37)38)14-12-18-43-26-13-10-11-17-39(21-26)32(40)44-33(7,8)9/h15-16,19-20,22-24,26H,10-14,17-18,21H2,1-9H3/t26-/m1/s1. The summed E-state index contributed by atoms with van der Waals surface area (Å²) >= 11 is 0. The Labute approximate surface area is 283 Å². The SMILES string of the molecule is CC(C)[Si](Oc1cc(OS(=O)(=O)C(F)(F)F)c2c(CCCO[C@@H]3CCCCN(C(=O)OC(C)(C)C)C3)c(F)ccc2c1)(C(C)C)C(C)C. The molecule has 0 saturated carbocycles. The van der Waals surface area contributed by atoms with E-state index in [-0.39, 0.29) is 64.3 Å². The first-order chi connectivity index (χ1) is 22.1. The highest BCUT2D eigenvalue weighted by atomic mass is 32.2. The molecule has 1 amide bonds. The largest absolute Gasteiger partial charge is 0.543 e. The van der Waals surface area contributed by atoms with E-state index >= 15 is 4.39 Å². The Hall–Kier alpha value is -2.58. The van der Waals surface area contributed by atoms with Gasteiger partial charge < -0.3 is 23.0 Å². The molecule has 0 aliphatic carbocycles. The van der Waals surface area contributed by atoms with Crippen LogP contribution in [0.2, 0.25) is 16.6 Å². The summed E-state index contributed by atoms with van der Waals surface area (Å²) in [6.45, 7) is 18.7. The second kappa shape index (κ2) is 15.5. The predicted molar refractivity (Wildman–Crippen MR) is 181 cm³/mol. The van der Waals surface area contributed by atoms with Crippen molar-refractivity contribution < 1.29 is 48.9 Å². The van der Waals surface area contributed by atoms with Gasteiger partial charge in [0, 0.05) is 24.6 Å². The summed E-state index contributed by atoms with van der Waals surface area (Å²) in [5, 5.41) is 0.208. The van der Waals surface area contributed by atoms with E-state index < -0.39 is 47.2 Å². The van der Waals surface area contributed by atoms with Crippen molar-refractivity contribution in [3.05, 3.63) is 35.6 Å². The average molecular weight is 722 g/mol. The summed E-state index contributed by atoms with van der Waals surface area (Å²) in [7, 11) is -8.70. The molecule has 272 valence electrons. The zero-order chi connectivity index (χ0) is 36.2. The number of carbonyl (C=O) groups is 1. The minimum atomic E-state index is -6.08. The molecule has 1 heterocycles. The Morgan fingerprint density at radius 2 is 1.62 bits per heavy atom. The molecular formula is C34H51F4NO7SSi. The van der Waals surface area contributed by atoms with E-state index in [0.29, 0.717) is 19.5 Å². The van der Waals surface area contributed by atoms with Crippen LogP contribution in [0.15, 0.2) is 24.3 Å². The van der Waals surface area contributed by atoms with Gasteiger partial charge in [0.2, 0.25) is 0 Å². The van der Waals surface area contributed by atoms with Gasteiger partial charge >= 0.3 is 21.7 Å². The molecule has 14 heteroatoms. The summed E-state index contributed by atoms with van der Waals surface area (Å²) < 4.78 is 104. The van der Waals surface area contributed by atoms with Crippen molar-refractivity contribution in [2.45, 2.75) is 128 Å². The monoisotopic (exact) mass is 721 g/mol. The van der Waals surface area contributed by atoms with Crippen molar-refractivity contribution >= 4 is 35.3 Å². The van der Waals surface area contributed by atoms with Crippen molar-refractivity contribution in [3.63, 3.8) is 0 Å². The summed E-state index contributed by atoms with van der Waals surface area (Å²) in [6.07, 6.45) is 1.95. The van der Waals surface area contributed by atoms with Gasteiger partial charge in [-0.3, -0.25) is 0 Å². The average Bonchev–Trinajstić information content (AvgIpc) is 3.18. The van der Waals surface area contributed by atoms with E-state index in [4.69, 9.17) is 18.1 Å². The fourth-order valence-electron chi connectivity index (χ4n) is 6.77. The van der Waals surface area contributed by atoms with Gasteiger partial charge in [0.05, 0.1) is 12.6 Å². The number of nitrogens with zero attached hydrogens (tertiary/aromatic N) is 1. The maximum absolute atomic E-state index is 15.4. The van der Waals surface area contributed by atoms with E-state index in [1.54, 1.807) is 31.7 Å². The zero-order valence-corrected chi connectivity index (χ0v) is 31.3. The highest BCUT2D eigenvalue weighted by molar-refractivity contribution is 7.88. The number of likely N-dealkylation sites (tertiary alicyclic amines) is 1. The summed E-state index contributed by atoms with van der Waals surface area (Å²) in [6, 6.07) is 5.32. The third-order valence-corrected chi connectivity index (χ3v) is 15.8. The maximum atomic E-state index is 15.4. The topological polar surface area (TPSA) is 91.4 Å². The maximum Gasteiger partial charge on any atom is 0.534 e. The van der Waals surface area contributed by atoms with E-state index in [1.165, 1.54) is 12.1 Å². The number of halogens is 4. The normalized spacial score (nSPS) is 16.9. The molecule has 2 aromatic rings. The Morgan fingerprint density at radius 1 is 1.00 bits per heavy atom. The lowest BCUT2D eigenvalue weighted by atomic mass is 9.99. The number of hydrogen-bond donors (Lipinski definition) is 0. The highest BCUT2D eigenvalue weighted by Crippen LogP contribution is 2.45. The van der Waals surface area contributed by atoms with E-state index in [9.17, 15) is 26.4 Å². The summed E-state index contributed by atoms with van der Waals surface area (Å²) in [5.74, 6) is -1.20. The van der Waals surface area contributed by atoms with Crippen LogP contribution in [0.5, 0.6) is 11.5 Å². The molecule has 2 aromatic carbocycles. The van der Waals surface area contributed by atoms with Crippen molar-refractivity contribution in [1.82, 2.24) is 4.90 Å². The molecule has 0 bridgehead atoms. The van der Waals surface area contributed by atoms with Gasteiger partial charge in [-0.1, -0.05) is 47.6 Å². The fraction of sp³-hybridized carbons (Fsp3) is 0.676. The minimum Gasteiger partial charge on any atom is -0.543 e. The van der Waals surface area contributed by atoms with Gasteiger partial charge in [-0.25, -0.2) is 9.18 Å². The second-order valence-corrected chi connectivity index (χ2v) is 21.4. The first-order valence-corrected chi connectivity index (χ1v) is 20.2. The lowest BCUT2D eigenvalue weighted by Gasteiger charge is -2.42. The quantitative estimate of drug-likeness (QED) is 0.0709. The Kier molecular flexibility index (Phi) is 12.9. The molecule has 1 fully saturated rings. The molecule has 0 spiro atoms. The van der Waals surface area contributed by atoms with Gasteiger partial charge in [-0.2, -0.15) is 21.6 Å². The third kappa shape index (κ3) is 9.56. The first-order valence-electron chi connectivity index (χ1n) is 16.6. The molecule has 1 atom stereocenters. The first kappa shape index (κ1) is 39.9. The van der Waals surface area contributed by atoms with Crippen LogP contribution in [0, 0.1) is 5.82 Å². The molecule has 48 heavy (non-hydrogen) atoms. The number of aryl methyl sites for hydroxylation is 1. The van der Waals surface area contributed by atoms with Crippen molar-refractivity contribution in [2.24, 2.45) is 0 Å². The van der Waals surface area contributed by atoms with Gasteiger partial charge in [0.25, 0.3) is 8.32 Å². The Balaban J connectivity index is 1.94. The Bertz CT molecular complexity index is 1500. The molecule has 0 radical (unpaired) electrons. The lowest BCUT2D eigenvalue weighted by molar-refractivity contribution is -0.0499. The van der Waals surface area contributed by atoms with Crippen LogP contribution < -0.4 is 8.61 Å². The molecule has 1 aliphatic rings. The zero-order valence-electron chi connectivity index (χ0n) is 29.5. The highest BCUT2D eigenvalue weighted by Gasteiger charge is 2.50. The van der Waals surface area contributed by atoms with Crippen molar-refractivity contribution in [1.29, 1.82) is 0 Å². The van der Waals surface area contributed by atoms with Crippen LogP contribution in [0.4, 0.5) is 22.4 Å². The molecule has 1 aliphatic heterocycles. The van der Waals surface area contributed by atoms with Crippen LogP contribution in [-0.4, -0.2) is 64.6 Å². The number of ether oxygens (including phenoxy) is 2. The van der Waals surface area contributed by atoms with Crippen LogP contribution in [-0.2, 0) is 26.0 Å². The fourth-order valence-corrected chi connectivity index (χ4v) is 12.5. The number of fused-ring (bicyclic) bond motifs is 1. The third-order valence-electron chi connectivity index (χ3n) is 8.79. The number of amides is 1. The molecular weight excluding hydrogens is 671 g/mol. The van der Waals surface area contributed by atoms with Gasteiger partial charge in [-0.15, -0.1) is 0 Å². The van der Waals surface area contributed by atoms with E-state index in [2.05, 4.69) is 0 Å². The summed E-state index contributed by atoms with van der Waals surface area (Å²) in [5.41, 5.74) is -5.99. The summed E-state index contributed by atoms with van der Waals surface area (Å²) in [4.78, 5) is 14.3. The Morgan fingerprint density at radius 3 is 2.19 bits per heavy atom. The number of carbonyl (C=O) groups excluding carboxylic acids is 1. The smallest absolute Gasteiger partial charge is 0.534 e. The molecule has 8 nitrogen and oxygen atoms in total. The van der Waals surface area contributed by atoms with Crippen molar-refractivity contribution in [2.75, 3.05) is 19.7 Å². The molecule has 1 saturated heterocycles. The lowest BCUT2D eigenvalue weighted by Crippen LogP contribution is -2.50. The van der Waals surface area contributed by atoms with Gasteiger partial charge in [0.15, 0.2) is 5.75 Å². The van der Waals surface area contributed by atoms with Crippen LogP contribution in [0.1, 0.15) is 93.6 Å². The molecule has 0 aromatic heterocycles. The molecule has 0 unspecified atom stereocenters. The van der Waals surface area contributed by atoms with E-state index in [1.807, 2.05) is 41.5 Å². The number of benzene rings is 2. The number of alkyl halides is 3. The van der Waals surface area contributed by atoms with Crippen molar-refractivity contribution in [3.8, 4) is 11.5 Å². The predicted octanol–water partition coefficient (Wildman–Crippen LogP) is 9.50. The van der Waals surface area contributed by atoms with Gasteiger partial charge in [-0.05, 0) is 92.6 Å².